The van der Waals surface area contributed by atoms with Crippen molar-refractivity contribution >= 4 is 11.9 Å². The number of amides is 1. The molecule has 0 saturated heterocycles. The Kier molecular flexibility index (Phi) is 5.70. The summed E-state index contributed by atoms with van der Waals surface area (Å²) in [5, 5.41) is 12.4. The van der Waals surface area contributed by atoms with Gasteiger partial charge in [0, 0.05) is 29.2 Å². The molecule has 1 fully saturated rings. The number of hydrogen-bond acceptors (Lipinski definition) is 4. The molecule has 1 aromatic heterocycles. The molecule has 1 aromatic carbocycles. The van der Waals surface area contributed by atoms with Crippen molar-refractivity contribution in [1.82, 2.24) is 9.88 Å². The third-order valence-electron chi connectivity index (χ3n) is 6.11. The first-order chi connectivity index (χ1) is 14.4. The van der Waals surface area contributed by atoms with Crippen LogP contribution in [0.1, 0.15) is 53.8 Å². The first-order valence-electron chi connectivity index (χ1n) is 10.6. The van der Waals surface area contributed by atoms with Gasteiger partial charge in [-0.05, 0) is 57.7 Å². The number of nitrogens with zero attached hydrogens (tertiary/aromatic N) is 1. The van der Waals surface area contributed by atoms with Crippen molar-refractivity contribution in [2.45, 2.75) is 52.0 Å². The van der Waals surface area contributed by atoms with Gasteiger partial charge in [0.1, 0.15) is 13.2 Å². The monoisotopic (exact) mass is 412 g/mol. The van der Waals surface area contributed by atoms with Crippen LogP contribution in [0.5, 0.6) is 11.5 Å². The van der Waals surface area contributed by atoms with E-state index in [2.05, 4.69) is 5.32 Å². The van der Waals surface area contributed by atoms with E-state index >= 15 is 0 Å². The molecule has 2 unspecified atom stereocenters. The van der Waals surface area contributed by atoms with Crippen LogP contribution in [0.2, 0.25) is 0 Å². The van der Waals surface area contributed by atoms with E-state index < -0.39 is 5.97 Å². The minimum absolute atomic E-state index is 0.0131. The van der Waals surface area contributed by atoms with Crippen LogP contribution in [0.4, 0.5) is 0 Å². The number of rotatable bonds is 4. The van der Waals surface area contributed by atoms with Crippen molar-refractivity contribution in [2.24, 2.45) is 5.92 Å². The predicted molar refractivity (Wildman–Crippen MR) is 112 cm³/mol. The number of benzene rings is 1. The smallest absolute Gasteiger partial charge is 0.306 e. The number of ether oxygens (including phenoxy) is 2. The third-order valence-corrected chi connectivity index (χ3v) is 6.11. The molecule has 2 aromatic rings. The lowest BCUT2D eigenvalue weighted by molar-refractivity contribution is -0.142. The zero-order valence-corrected chi connectivity index (χ0v) is 17.4. The minimum Gasteiger partial charge on any atom is -0.486 e. The lowest BCUT2D eigenvalue weighted by Gasteiger charge is -2.20. The van der Waals surface area contributed by atoms with Crippen LogP contribution >= 0.6 is 0 Å². The fourth-order valence-electron chi connectivity index (χ4n) is 4.52. The van der Waals surface area contributed by atoms with Gasteiger partial charge in [0.05, 0.1) is 11.5 Å². The molecule has 0 radical (unpaired) electrons. The van der Waals surface area contributed by atoms with Crippen LogP contribution in [0.3, 0.4) is 0 Å². The summed E-state index contributed by atoms with van der Waals surface area (Å²) in [6.07, 6.45) is 3.62. The van der Waals surface area contributed by atoms with E-state index in [0.29, 0.717) is 43.8 Å². The van der Waals surface area contributed by atoms with Gasteiger partial charge in [-0.25, -0.2) is 0 Å². The molecule has 160 valence electrons. The fourth-order valence-corrected chi connectivity index (χ4v) is 4.52. The molecule has 2 atom stereocenters. The van der Waals surface area contributed by atoms with Crippen LogP contribution in [0.15, 0.2) is 24.3 Å². The molecule has 1 aliphatic carbocycles. The molecule has 2 heterocycles. The summed E-state index contributed by atoms with van der Waals surface area (Å²) in [6, 6.07) is 7.71. The number of fused-ring (bicyclic) bond motifs is 1. The molecule has 1 aliphatic heterocycles. The maximum absolute atomic E-state index is 13.0. The van der Waals surface area contributed by atoms with E-state index in [1.807, 2.05) is 42.7 Å². The van der Waals surface area contributed by atoms with E-state index in [1.54, 1.807) is 0 Å². The van der Waals surface area contributed by atoms with Gasteiger partial charge in [-0.1, -0.05) is 6.42 Å². The van der Waals surface area contributed by atoms with Crippen LogP contribution < -0.4 is 14.8 Å². The molecule has 4 rings (SSSR count). The molecule has 1 amide bonds. The molecular weight excluding hydrogens is 384 g/mol. The van der Waals surface area contributed by atoms with E-state index in [9.17, 15) is 14.7 Å². The average Bonchev–Trinajstić information content (AvgIpc) is 2.89. The highest BCUT2D eigenvalue weighted by atomic mass is 16.6. The van der Waals surface area contributed by atoms with E-state index in [1.165, 1.54) is 0 Å². The quantitative estimate of drug-likeness (QED) is 0.749. The summed E-state index contributed by atoms with van der Waals surface area (Å²) in [5.41, 5.74) is 3.38. The van der Waals surface area contributed by atoms with E-state index in [-0.39, 0.29) is 17.9 Å². The lowest BCUT2D eigenvalue weighted by atomic mass is 10.0. The second-order valence-electron chi connectivity index (χ2n) is 8.16. The van der Waals surface area contributed by atoms with E-state index in [0.717, 1.165) is 35.7 Å². The summed E-state index contributed by atoms with van der Waals surface area (Å²) in [7, 11) is 0. The highest BCUT2D eigenvalue weighted by Gasteiger charge is 2.26. The zero-order valence-electron chi connectivity index (χ0n) is 17.4. The molecule has 2 N–H and O–H groups in total. The first-order valence-corrected chi connectivity index (χ1v) is 10.6. The Hall–Kier alpha value is -2.96. The van der Waals surface area contributed by atoms with Crippen LogP contribution in [-0.2, 0) is 4.79 Å². The SMILES string of the molecule is Cc1cc(C(=O)NC2CCCC(C(=O)O)CC2)c(C)n1-c1ccc2c(c1)OCCO2. The minimum atomic E-state index is -0.732. The fraction of sp³-hybridized carbons (Fsp3) is 0.478. The highest BCUT2D eigenvalue weighted by Crippen LogP contribution is 2.33. The number of aromatic nitrogens is 1. The molecular formula is C23H28N2O5. The largest absolute Gasteiger partial charge is 0.486 e. The summed E-state index contributed by atoms with van der Waals surface area (Å²) < 4.78 is 13.3. The van der Waals surface area contributed by atoms with Crippen molar-refractivity contribution in [3.8, 4) is 17.2 Å². The molecule has 0 bridgehead atoms. The Morgan fingerprint density at radius 2 is 1.80 bits per heavy atom. The van der Waals surface area contributed by atoms with Gasteiger partial charge in [-0.15, -0.1) is 0 Å². The van der Waals surface area contributed by atoms with Gasteiger partial charge < -0.3 is 24.5 Å². The van der Waals surface area contributed by atoms with Crippen LogP contribution in [0, 0.1) is 19.8 Å². The highest BCUT2D eigenvalue weighted by molar-refractivity contribution is 5.96. The van der Waals surface area contributed by atoms with Crippen molar-refractivity contribution in [1.29, 1.82) is 0 Å². The topological polar surface area (TPSA) is 89.8 Å². The van der Waals surface area contributed by atoms with Gasteiger partial charge in [0.15, 0.2) is 11.5 Å². The van der Waals surface area contributed by atoms with Gasteiger partial charge in [0.25, 0.3) is 5.91 Å². The Balaban J connectivity index is 1.52. The molecule has 30 heavy (non-hydrogen) atoms. The number of aliphatic carboxylic acids is 1. The number of nitrogens with one attached hydrogen (secondary N) is 1. The van der Waals surface area contributed by atoms with E-state index in [4.69, 9.17) is 9.47 Å². The Morgan fingerprint density at radius 1 is 1.03 bits per heavy atom. The summed E-state index contributed by atoms with van der Waals surface area (Å²) >= 11 is 0. The lowest BCUT2D eigenvalue weighted by Crippen LogP contribution is -2.34. The van der Waals surface area contributed by atoms with Gasteiger partial charge >= 0.3 is 5.97 Å². The normalized spacial score (nSPS) is 21.0. The second-order valence-corrected chi connectivity index (χ2v) is 8.16. The predicted octanol–water partition coefficient (Wildman–Crippen LogP) is 3.63. The number of hydrogen-bond donors (Lipinski definition) is 2. The second kappa shape index (κ2) is 8.42. The van der Waals surface area contributed by atoms with Crippen LogP contribution in [0.25, 0.3) is 5.69 Å². The summed E-state index contributed by atoms with van der Waals surface area (Å²) in [6.45, 7) is 4.99. The van der Waals surface area contributed by atoms with Gasteiger partial charge in [0.2, 0.25) is 0 Å². The van der Waals surface area contributed by atoms with Crippen molar-refractivity contribution in [2.75, 3.05) is 13.2 Å². The molecule has 1 saturated carbocycles. The maximum Gasteiger partial charge on any atom is 0.306 e. The Labute approximate surface area is 176 Å². The standard InChI is InChI=1S/C23H28N2O5/c1-14-12-19(22(26)24-17-5-3-4-16(6-7-17)23(27)28)15(2)25(14)18-8-9-20-21(13-18)30-11-10-29-20/h8-9,12-13,16-17H,3-7,10-11H2,1-2H3,(H,24,26)(H,27,28). The Morgan fingerprint density at radius 3 is 2.57 bits per heavy atom. The number of carbonyl (C=O) groups is 2. The van der Waals surface area contributed by atoms with Gasteiger partial charge in [-0.3, -0.25) is 9.59 Å². The first kappa shape index (κ1) is 20.3. The Bertz CT molecular complexity index is 965. The number of carbonyl (C=O) groups excluding carboxylic acids is 1. The molecule has 7 nitrogen and oxygen atoms in total. The zero-order chi connectivity index (χ0) is 21.3. The number of carboxylic acids is 1. The van der Waals surface area contributed by atoms with Crippen molar-refractivity contribution < 1.29 is 24.2 Å². The average molecular weight is 412 g/mol. The molecule has 7 heteroatoms. The van der Waals surface area contributed by atoms with Crippen molar-refractivity contribution in [3.05, 3.63) is 41.2 Å². The summed E-state index contributed by atoms with van der Waals surface area (Å²) in [4.78, 5) is 24.3. The van der Waals surface area contributed by atoms with Crippen LogP contribution in [-0.4, -0.2) is 40.8 Å². The number of carboxylic acid groups (broad SMARTS) is 1. The molecule has 2 aliphatic rings. The third kappa shape index (κ3) is 4.01. The summed E-state index contributed by atoms with van der Waals surface area (Å²) in [5.74, 6) is 0.310. The number of aryl methyl sites for hydroxylation is 1. The molecule has 0 spiro atoms. The van der Waals surface area contributed by atoms with Crippen molar-refractivity contribution in [3.63, 3.8) is 0 Å². The maximum atomic E-state index is 13.0. The van der Waals surface area contributed by atoms with Gasteiger partial charge in [-0.2, -0.15) is 0 Å².